The van der Waals surface area contributed by atoms with E-state index in [2.05, 4.69) is 15.0 Å². The first kappa shape index (κ1) is 12.8. The Labute approximate surface area is 120 Å². The van der Waals surface area contributed by atoms with E-state index in [9.17, 15) is 4.79 Å². The Morgan fingerprint density at radius 1 is 1.20 bits per heavy atom. The van der Waals surface area contributed by atoms with Crippen molar-refractivity contribution in [2.45, 2.75) is 13.8 Å². The van der Waals surface area contributed by atoms with Gasteiger partial charge in [0.15, 0.2) is 0 Å². The summed E-state index contributed by atoms with van der Waals surface area (Å²) in [4.78, 5) is 23.5. The van der Waals surface area contributed by atoms with Crippen LogP contribution in [-0.2, 0) is 0 Å². The second kappa shape index (κ2) is 4.72. The van der Waals surface area contributed by atoms with Gasteiger partial charge in [-0.15, -0.1) is 0 Å². The summed E-state index contributed by atoms with van der Waals surface area (Å²) in [6, 6.07) is 7.34. The standard InChI is InChI=1S/C15H12ClN3O/c1-8-9(2)18-14(19-15(8)20)11-5-6-12(16)10-4-3-7-17-13(10)11/h3-7H,1-2H3,(H,18,19,20). The number of benzene rings is 1. The summed E-state index contributed by atoms with van der Waals surface area (Å²) in [5.41, 5.74) is 2.70. The van der Waals surface area contributed by atoms with E-state index in [-0.39, 0.29) is 5.56 Å². The quantitative estimate of drug-likeness (QED) is 0.746. The molecule has 0 fully saturated rings. The van der Waals surface area contributed by atoms with Gasteiger partial charge in [-0.2, -0.15) is 0 Å². The molecule has 1 N–H and O–H groups in total. The highest BCUT2D eigenvalue weighted by Gasteiger charge is 2.11. The van der Waals surface area contributed by atoms with Crippen LogP contribution in [0.3, 0.4) is 0 Å². The second-order valence-electron chi connectivity index (χ2n) is 4.62. The van der Waals surface area contributed by atoms with Crippen molar-refractivity contribution in [3.8, 4) is 11.4 Å². The Kier molecular flexibility index (Phi) is 3.03. The Bertz CT molecular complexity index is 871. The number of hydrogen-bond acceptors (Lipinski definition) is 3. The molecule has 1 aromatic carbocycles. The zero-order valence-electron chi connectivity index (χ0n) is 11.1. The molecule has 0 aliphatic carbocycles. The lowest BCUT2D eigenvalue weighted by molar-refractivity contribution is 1.03. The van der Waals surface area contributed by atoms with Crippen molar-refractivity contribution in [1.29, 1.82) is 0 Å². The number of rotatable bonds is 1. The van der Waals surface area contributed by atoms with Crippen molar-refractivity contribution in [1.82, 2.24) is 15.0 Å². The molecule has 0 saturated carbocycles. The predicted octanol–water partition coefficient (Wildman–Crippen LogP) is 3.26. The molecule has 4 nitrogen and oxygen atoms in total. The number of nitrogens with one attached hydrogen (secondary N) is 1. The average molecular weight is 286 g/mol. The summed E-state index contributed by atoms with van der Waals surface area (Å²) in [7, 11) is 0. The molecule has 0 aliphatic heterocycles. The van der Waals surface area contributed by atoms with Gasteiger partial charge in [-0.3, -0.25) is 9.78 Å². The van der Waals surface area contributed by atoms with Gasteiger partial charge in [0.25, 0.3) is 5.56 Å². The number of halogens is 1. The van der Waals surface area contributed by atoms with Gasteiger partial charge in [-0.25, -0.2) is 4.98 Å². The summed E-state index contributed by atoms with van der Waals surface area (Å²) in [6.07, 6.45) is 1.70. The highest BCUT2D eigenvalue weighted by atomic mass is 35.5. The van der Waals surface area contributed by atoms with Crippen molar-refractivity contribution < 1.29 is 0 Å². The second-order valence-corrected chi connectivity index (χ2v) is 5.03. The lowest BCUT2D eigenvalue weighted by atomic mass is 10.1. The topological polar surface area (TPSA) is 58.6 Å². The molecule has 0 aliphatic rings. The van der Waals surface area contributed by atoms with Gasteiger partial charge in [-0.05, 0) is 38.1 Å². The number of aromatic nitrogens is 3. The fraction of sp³-hybridized carbons (Fsp3) is 0.133. The average Bonchev–Trinajstić information content (AvgIpc) is 2.45. The molecule has 0 saturated heterocycles. The highest BCUT2D eigenvalue weighted by Crippen LogP contribution is 2.29. The number of fused-ring (bicyclic) bond motifs is 1. The van der Waals surface area contributed by atoms with Crippen LogP contribution in [-0.4, -0.2) is 15.0 Å². The normalized spacial score (nSPS) is 10.9. The molecule has 20 heavy (non-hydrogen) atoms. The van der Waals surface area contributed by atoms with Gasteiger partial charge in [0.1, 0.15) is 5.82 Å². The van der Waals surface area contributed by atoms with Crippen LogP contribution in [0.15, 0.2) is 35.3 Å². The third kappa shape index (κ3) is 1.98. The van der Waals surface area contributed by atoms with Crippen LogP contribution in [0.1, 0.15) is 11.3 Å². The van der Waals surface area contributed by atoms with Crippen molar-refractivity contribution in [3.05, 3.63) is 57.1 Å². The molecule has 0 radical (unpaired) electrons. The minimum atomic E-state index is -0.133. The van der Waals surface area contributed by atoms with Crippen LogP contribution < -0.4 is 5.56 Å². The molecule has 0 amide bonds. The summed E-state index contributed by atoms with van der Waals surface area (Å²) in [5, 5.41) is 1.47. The molecule has 0 bridgehead atoms. The van der Waals surface area contributed by atoms with Crippen molar-refractivity contribution in [2.75, 3.05) is 0 Å². The summed E-state index contributed by atoms with van der Waals surface area (Å²) >= 11 is 6.17. The number of H-pyrrole nitrogens is 1. The lowest BCUT2D eigenvalue weighted by Gasteiger charge is -2.08. The molecule has 0 spiro atoms. The van der Waals surface area contributed by atoms with Gasteiger partial charge in [0.05, 0.1) is 10.5 Å². The minimum absolute atomic E-state index is 0.133. The zero-order chi connectivity index (χ0) is 14.3. The fourth-order valence-electron chi connectivity index (χ4n) is 2.10. The first-order valence-electron chi connectivity index (χ1n) is 6.19. The van der Waals surface area contributed by atoms with E-state index in [0.29, 0.717) is 22.1 Å². The van der Waals surface area contributed by atoms with Crippen LogP contribution in [0.2, 0.25) is 5.02 Å². The van der Waals surface area contributed by atoms with Crippen LogP contribution in [0.5, 0.6) is 0 Å². The minimum Gasteiger partial charge on any atom is -0.306 e. The summed E-state index contributed by atoms with van der Waals surface area (Å²) < 4.78 is 0. The SMILES string of the molecule is Cc1nc(-c2ccc(Cl)c3cccnc23)[nH]c(=O)c1C. The summed E-state index contributed by atoms with van der Waals surface area (Å²) in [5.74, 6) is 0.512. The van der Waals surface area contributed by atoms with E-state index in [1.807, 2.05) is 25.1 Å². The molecule has 5 heteroatoms. The van der Waals surface area contributed by atoms with E-state index >= 15 is 0 Å². The van der Waals surface area contributed by atoms with E-state index in [4.69, 9.17) is 11.6 Å². The Hall–Kier alpha value is -2.20. The molecule has 0 atom stereocenters. The van der Waals surface area contributed by atoms with Crippen LogP contribution in [0, 0.1) is 13.8 Å². The van der Waals surface area contributed by atoms with Gasteiger partial charge >= 0.3 is 0 Å². The van der Waals surface area contributed by atoms with E-state index in [1.54, 1.807) is 19.2 Å². The molecule has 100 valence electrons. The fourth-order valence-corrected chi connectivity index (χ4v) is 2.32. The van der Waals surface area contributed by atoms with Gasteiger partial charge in [-0.1, -0.05) is 11.6 Å². The Balaban J connectivity index is 2.36. The van der Waals surface area contributed by atoms with Crippen molar-refractivity contribution >= 4 is 22.5 Å². The Morgan fingerprint density at radius 3 is 2.75 bits per heavy atom. The zero-order valence-corrected chi connectivity index (χ0v) is 11.8. The summed E-state index contributed by atoms with van der Waals surface area (Å²) in [6.45, 7) is 3.57. The third-order valence-electron chi connectivity index (χ3n) is 3.37. The smallest absolute Gasteiger partial charge is 0.254 e. The monoisotopic (exact) mass is 285 g/mol. The Morgan fingerprint density at radius 2 is 2.00 bits per heavy atom. The number of hydrogen-bond donors (Lipinski definition) is 1. The number of aryl methyl sites for hydroxylation is 1. The molecule has 0 unspecified atom stereocenters. The maximum absolute atomic E-state index is 11.9. The maximum atomic E-state index is 11.9. The van der Waals surface area contributed by atoms with E-state index < -0.39 is 0 Å². The lowest BCUT2D eigenvalue weighted by Crippen LogP contribution is -2.14. The van der Waals surface area contributed by atoms with Crippen molar-refractivity contribution in [3.63, 3.8) is 0 Å². The molecule has 3 rings (SSSR count). The number of nitrogens with zero attached hydrogens (tertiary/aromatic N) is 2. The first-order valence-corrected chi connectivity index (χ1v) is 6.57. The first-order chi connectivity index (χ1) is 9.58. The van der Waals surface area contributed by atoms with E-state index in [0.717, 1.165) is 16.5 Å². The van der Waals surface area contributed by atoms with Gasteiger partial charge in [0.2, 0.25) is 0 Å². The third-order valence-corrected chi connectivity index (χ3v) is 3.70. The molecular weight excluding hydrogens is 274 g/mol. The van der Waals surface area contributed by atoms with Crippen LogP contribution in [0.4, 0.5) is 0 Å². The predicted molar refractivity (Wildman–Crippen MR) is 80.1 cm³/mol. The highest BCUT2D eigenvalue weighted by molar-refractivity contribution is 6.35. The van der Waals surface area contributed by atoms with Gasteiger partial charge < -0.3 is 4.98 Å². The van der Waals surface area contributed by atoms with Crippen LogP contribution >= 0.6 is 11.6 Å². The van der Waals surface area contributed by atoms with E-state index in [1.165, 1.54) is 0 Å². The molecular formula is C15H12ClN3O. The molecule has 2 heterocycles. The molecule has 3 aromatic rings. The largest absolute Gasteiger partial charge is 0.306 e. The number of pyridine rings is 1. The number of aromatic amines is 1. The molecule has 2 aromatic heterocycles. The maximum Gasteiger partial charge on any atom is 0.254 e. The van der Waals surface area contributed by atoms with Crippen molar-refractivity contribution in [2.24, 2.45) is 0 Å². The van der Waals surface area contributed by atoms with Crippen LogP contribution in [0.25, 0.3) is 22.3 Å². The van der Waals surface area contributed by atoms with Gasteiger partial charge in [0, 0.05) is 28.4 Å².